The molecule has 0 aliphatic carbocycles. The quantitative estimate of drug-likeness (QED) is 0.288. The van der Waals surface area contributed by atoms with Crippen LogP contribution in [0.4, 0.5) is 0 Å². The largest absolute Gasteiger partial charge is 0.107 e. The average Bonchev–Trinajstić information content (AvgIpc) is 2.50. The third kappa shape index (κ3) is 7.63. The van der Waals surface area contributed by atoms with Crippen molar-refractivity contribution in [2.75, 3.05) is 0 Å². The molecule has 0 bridgehead atoms. The second-order valence-corrected chi connectivity index (χ2v) is 13.5. The molecule has 31 heavy (non-hydrogen) atoms. The SMILES string of the molecule is CC(C)(C)c1cccc(Sc2cccc(C(C)(C)C)c2C(C)(C)C)c1C(C)(C)C.I.I. The number of hydrogen-bond donors (Lipinski definition) is 0. The molecule has 0 aliphatic heterocycles. The number of halogens is 2. The highest BCUT2D eigenvalue weighted by molar-refractivity contribution is 14.0. The molecule has 0 N–H and O–H groups in total. The van der Waals surface area contributed by atoms with Crippen molar-refractivity contribution in [3.8, 4) is 0 Å². The maximum absolute atomic E-state index is 2.35. The fourth-order valence-electron chi connectivity index (χ4n) is 4.15. The van der Waals surface area contributed by atoms with Crippen LogP contribution in [-0.2, 0) is 21.7 Å². The van der Waals surface area contributed by atoms with E-state index in [1.54, 1.807) is 0 Å². The molecule has 0 fully saturated rings. The van der Waals surface area contributed by atoms with E-state index in [-0.39, 0.29) is 69.6 Å². The van der Waals surface area contributed by atoms with Crippen LogP contribution in [0.3, 0.4) is 0 Å². The zero-order valence-corrected chi connectivity index (χ0v) is 27.2. The van der Waals surface area contributed by atoms with Gasteiger partial charge in [-0.2, -0.15) is 0 Å². The molecule has 2 aromatic rings. The zero-order chi connectivity index (χ0) is 22.4. The fourth-order valence-corrected chi connectivity index (χ4v) is 5.71. The van der Waals surface area contributed by atoms with Gasteiger partial charge < -0.3 is 0 Å². The van der Waals surface area contributed by atoms with Gasteiger partial charge >= 0.3 is 0 Å². The lowest BCUT2D eigenvalue weighted by Gasteiger charge is -2.34. The first-order valence-corrected chi connectivity index (χ1v) is 11.7. The second kappa shape index (κ2) is 10.7. The average molecular weight is 667 g/mol. The molecule has 0 unspecified atom stereocenters. The highest BCUT2D eigenvalue weighted by atomic mass is 127. The van der Waals surface area contributed by atoms with Crippen LogP contribution < -0.4 is 0 Å². The minimum absolute atomic E-state index is 0. The van der Waals surface area contributed by atoms with Crippen LogP contribution in [0.5, 0.6) is 0 Å². The normalized spacial score (nSPS) is 12.8. The summed E-state index contributed by atoms with van der Waals surface area (Å²) in [4.78, 5) is 2.78. The van der Waals surface area contributed by atoms with Gasteiger partial charge in [0.05, 0.1) is 0 Å². The van der Waals surface area contributed by atoms with Gasteiger partial charge in [0.15, 0.2) is 0 Å². The lowest BCUT2D eigenvalue weighted by atomic mass is 9.75. The van der Waals surface area contributed by atoms with Crippen LogP contribution in [0, 0.1) is 0 Å². The van der Waals surface area contributed by atoms with Crippen molar-refractivity contribution < 1.29 is 0 Å². The van der Waals surface area contributed by atoms with Gasteiger partial charge in [-0.15, -0.1) is 48.0 Å². The van der Waals surface area contributed by atoms with Gasteiger partial charge in [-0.3, -0.25) is 0 Å². The van der Waals surface area contributed by atoms with Gasteiger partial charge in [-0.1, -0.05) is 119 Å². The van der Waals surface area contributed by atoms with Crippen molar-refractivity contribution in [3.63, 3.8) is 0 Å². The summed E-state index contributed by atoms with van der Waals surface area (Å²) in [6.07, 6.45) is 0. The van der Waals surface area contributed by atoms with Crippen molar-refractivity contribution >= 4 is 59.7 Å². The van der Waals surface area contributed by atoms with E-state index in [0.29, 0.717) is 0 Å². The Morgan fingerprint density at radius 1 is 0.452 bits per heavy atom. The van der Waals surface area contributed by atoms with E-state index in [9.17, 15) is 0 Å². The molecule has 0 radical (unpaired) electrons. The second-order valence-electron chi connectivity index (χ2n) is 12.5. The first-order chi connectivity index (χ1) is 12.9. The van der Waals surface area contributed by atoms with Gasteiger partial charge in [0.25, 0.3) is 0 Å². The van der Waals surface area contributed by atoms with E-state index in [1.165, 1.54) is 32.0 Å². The predicted molar refractivity (Wildman–Crippen MR) is 163 cm³/mol. The summed E-state index contributed by atoms with van der Waals surface area (Å²) in [6, 6.07) is 13.8. The van der Waals surface area contributed by atoms with Crippen LogP contribution in [-0.4, -0.2) is 0 Å². The minimum atomic E-state index is 0. The maximum atomic E-state index is 2.35. The number of rotatable bonds is 2. The van der Waals surface area contributed by atoms with Gasteiger partial charge in [0.1, 0.15) is 0 Å². The standard InChI is InChI=1S/C28H42S.2HI/c1-25(2,3)19-15-13-17-21(23(19)27(7,8)9)29-22-18-14-16-20(26(4,5)6)24(22)28(10,11)12;;/h13-18H,1-12H3;2*1H. The Hall–Kier alpha value is 0.250. The predicted octanol–water partition coefficient (Wildman–Crippen LogP) is 10.3. The Balaban J connectivity index is 0.00000450. The molecular weight excluding hydrogens is 622 g/mol. The van der Waals surface area contributed by atoms with E-state index >= 15 is 0 Å². The summed E-state index contributed by atoms with van der Waals surface area (Å²) in [7, 11) is 0. The lowest BCUT2D eigenvalue weighted by molar-refractivity contribution is 0.518. The molecule has 0 heterocycles. The molecule has 0 spiro atoms. The topological polar surface area (TPSA) is 0 Å². The number of benzene rings is 2. The van der Waals surface area contributed by atoms with Gasteiger partial charge in [0.2, 0.25) is 0 Å². The summed E-state index contributed by atoms with van der Waals surface area (Å²) in [5, 5.41) is 0. The smallest absolute Gasteiger partial charge is 0.0162 e. The summed E-state index contributed by atoms with van der Waals surface area (Å²) in [5.41, 5.74) is 6.32. The molecule has 0 saturated carbocycles. The molecule has 2 aromatic carbocycles. The van der Waals surface area contributed by atoms with Crippen LogP contribution in [0.15, 0.2) is 46.2 Å². The molecule has 0 aromatic heterocycles. The summed E-state index contributed by atoms with van der Waals surface area (Å²) in [5.74, 6) is 0. The van der Waals surface area contributed by atoms with E-state index in [0.717, 1.165) is 0 Å². The van der Waals surface area contributed by atoms with Crippen molar-refractivity contribution in [3.05, 3.63) is 58.7 Å². The van der Waals surface area contributed by atoms with Crippen LogP contribution >= 0.6 is 59.7 Å². The summed E-state index contributed by atoms with van der Waals surface area (Å²) < 4.78 is 0. The van der Waals surface area contributed by atoms with Crippen LogP contribution in [0.2, 0.25) is 0 Å². The van der Waals surface area contributed by atoms with E-state index in [1.807, 2.05) is 11.8 Å². The van der Waals surface area contributed by atoms with Crippen LogP contribution in [0.25, 0.3) is 0 Å². The molecule has 0 aliphatic rings. The summed E-state index contributed by atoms with van der Waals surface area (Å²) in [6.45, 7) is 28.0. The van der Waals surface area contributed by atoms with Crippen molar-refractivity contribution in [2.24, 2.45) is 0 Å². The molecule has 176 valence electrons. The molecule has 0 saturated heterocycles. The highest BCUT2D eigenvalue weighted by Gasteiger charge is 2.31. The fraction of sp³-hybridized carbons (Fsp3) is 0.571. The molecule has 0 atom stereocenters. The van der Waals surface area contributed by atoms with Crippen LogP contribution in [0.1, 0.15) is 105 Å². The Morgan fingerprint density at radius 2 is 0.742 bits per heavy atom. The van der Waals surface area contributed by atoms with Crippen molar-refractivity contribution in [2.45, 2.75) is 115 Å². The van der Waals surface area contributed by atoms with Crippen molar-refractivity contribution in [1.82, 2.24) is 0 Å². The van der Waals surface area contributed by atoms with Crippen molar-refractivity contribution in [1.29, 1.82) is 0 Å². The van der Waals surface area contributed by atoms with E-state index in [2.05, 4.69) is 119 Å². The lowest BCUT2D eigenvalue weighted by Crippen LogP contribution is -2.24. The maximum Gasteiger partial charge on any atom is 0.0162 e. The Bertz CT molecular complexity index is 796. The first-order valence-electron chi connectivity index (χ1n) is 10.9. The molecular formula is C28H44I2S. The van der Waals surface area contributed by atoms with Gasteiger partial charge in [-0.25, -0.2) is 0 Å². The Morgan fingerprint density at radius 3 is 0.968 bits per heavy atom. The van der Waals surface area contributed by atoms with Gasteiger partial charge in [0, 0.05) is 9.79 Å². The van der Waals surface area contributed by atoms with E-state index < -0.39 is 0 Å². The third-order valence-electron chi connectivity index (χ3n) is 5.39. The Labute approximate surface area is 231 Å². The zero-order valence-electron chi connectivity index (χ0n) is 21.7. The monoisotopic (exact) mass is 666 g/mol. The molecule has 0 nitrogen and oxygen atoms in total. The first kappa shape index (κ1) is 31.2. The summed E-state index contributed by atoms with van der Waals surface area (Å²) >= 11 is 1.96. The number of hydrogen-bond acceptors (Lipinski definition) is 1. The molecule has 2 rings (SSSR count). The molecule has 0 amide bonds. The third-order valence-corrected chi connectivity index (χ3v) is 6.51. The minimum Gasteiger partial charge on any atom is -0.107 e. The van der Waals surface area contributed by atoms with E-state index in [4.69, 9.17) is 0 Å². The Kier molecular flexibility index (Phi) is 10.8. The van der Waals surface area contributed by atoms with Gasteiger partial charge in [-0.05, 0) is 56.0 Å². The highest BCUT2D eigenvalue weighted by Crippen LogP contribution is 2.46. The molecule has 3 heteroatoms.